The molecule has 0 radical (unpaired) electrons. The van der Waals surface area contributed by atoms with Crippen LogP contribution in [0.15, 0.2) is 24.3 Å². The molecule has 0 aromatic heterocycles. The van der Waals surface area contributed by atoms with Crippen molar-refractivity contribution < 1.29 is 4.79 Å². The SMILES string of the molecule is CC(=O)N(C)[C@H]1CCC[C@@H]2N(C)c3ccccc3[C@@]12C. The maximum absolute atomic E-state index is 11.9. The minimum Gasteiger partial charge on any atom is -0.370 e. The standard InChI is InChI=1S/C17H24N2O/c1-12(20)18(3)15-10-7-11-16-17(15,2)13-8-5-6-9-14(13)19(16)4/h5-6,8-9,15-16H,7,10-11H2,1-4H3/t15-,16-,17-/m0/s1. The Balaban J connectivity index is 2.12. The van der Waals surface area contributed by atoms with Gasteiger partial charge in [-0.2, -0.15) is 0 Å². The van der Waals surface area contributed by atoms with E-state index in [9.17, 15) is 4.79 Å². The van der Waals surface area contributed by atoms with Gasteiger partial charge in [-0.25, -0.2) is 0 Å². The van der Waals surface area contributed by atoms with Crippen LogP contribution < -0.4 is 4.90 Å². The third-order valence-corrected chi connectivity index (χ3v) is 5.64. The number of hydrogen-bond donors (Lipinski definition) is 0. The second-order valence-corrected chi connectivity index (χ2v) is 6.50. The number of nitrogens with zero attached hydrogens (tertiary/aromatic N) is 2. The van der Waals surface area contributed by atoms with Crippen molar-refractivity contribution in [2.24, 2.45) is 0 Å². The van der Waals surface area contributed by atoms with Crippen LogP contribution in [0.3, 0.4) is 0 Å². The van der Waals surface area contributed by atoms with Gasteiger partial charge in [-0.3, -0.25) is 4.79 Å². The van der Waals surface area contributed by atoms with Gasteiger partial charge in [-0.15, -0.1) is 0 Å². The summed E-state index contributed by atoms with van der Waals surface area (Å²) in [6.07, 6.45) is 3.51. The molecule has 0 unspecified atom stereocenters. The molecule has 1 aliphatic heterocycles. The molecule has 108 valence electrons. The van der Waals surface area contributed by atoms with Crippen LogP contribution in [0.25, 0.3) is 0 Å². The van der Waals surface area contributed by atoms with Gasteiger partial charge >= 0.3 is 0 Å². The number of amides is 1. The Kier molecular flexibility index (Phi) is 3.03. The molecule has 0 spiro atoms. The number of likely N-dealkylation sites (N-methyl/N-ethyl adjacent to an activating group) is 2. The van der Waals surface area contributed by atoms with Crippen LogP contribution in [0.1, 0.15) is 38.7 Å². The Morgan fingerprint density at radius 2 is 2.05 bits per heavy atom. The number of benzene rings is 1. The molecule has 0 N–H and O–H groups in total. The molecule has 1 aromatic rings. The van der Waals surface area contributed by atoms with Gasteiger partial charge in [0, 0.05) is 44.2 Å². The van der Waals surface area contributed by atoms with E-state index in [1.807, 2.05) is 11.9 Å². The monoisotopic (exact) mass is 272 g/mol. The third-order valence-electron chi connectivity index (χ3n) is 5.64. The number of hydrogen-bond acceptors (Lipinski definition) is 2. The summed E-state index contributed by atoms with van der Waals surface area (Å²) < 4.78 is 0. The first-order valence-corrected chi connectivity index (χ1v) is 7.53. The average Bonchev–Trinajstić information content (AvgIpc) is 2.67. The first-order valence-electron chi connectivity index (χ1n) is 7.53. The van der Waals surface area contributed by atoms with Crippen molar-refractivity contribution in [2.45, 2.75) is 50.6 Å². The van der Waals surface area contributed by atoms with Crippen LogP contribution in [0, 0.1) is 0 Å². The van der Waals surface area contributed by atoms with Crippen LogP contribution >= 0.6 is 0 Å². The highest BCUT2D eigenvalue weighted by molar-refractivity contribution is 5.74. The van der Waals surface area contributed by atoms with Crippen LogP contribution in [0.2, 0.25) is 0 Å². The lowest BCUT2D eigenvalue weighted by Gasteiger charge is -2.48. The number of carbonyl (C=O) groups excluding carboxylic acids is 1. The largest absolute Gasteiger partial charge is 0.370 e. The summed E-state index contributed by atoms with van der Waals surface area (Å²) in [7, 11) is 4.16. The molecule has 1 fully saturated rings. The van der Waals surface area contributed by atoms with E-state index >= 15 is 0 Å². The van der Waals surface area contributed by atoms with Crippen molar-refractivity contribution in [1.29, 1.82) is 0 Å². The van der Waals surface area contributed by atoms with E-state index in [1.54, 1.807) is 6.92 Å². The van der Waals surface area contributed by atoms with Crippen LogP contribution in [-0.4, -0.2) is 37.0 Å². The van der Waals surface area contributed by atoms with E-state index in [0.29, 0.717) is 12.1 Å². The van der Waals surface area contributed by atoms with E-state index in [2.05, 4.69) is 43.1 Å². The predicted molar refractivity (Wildman–Crippen MR) is 82.1 cm³/mol. The van der Waals surface area contributed by atoms with Crippen molar-refractivity contribution in [3.05, 3.63) is 29.8 Å². The van der Waals surface area contributed by atoms with E-state index in [-0.39, 0.29) is 11.3 Å². The van der Waals surface area contributed by atoms with Gasteiger partial charge in [0.1, 0.15) is 0 Å². The zero-order valence-electron chi connectivity index (χ0n) is 12.9. The molecule has 3 rings (SSSR count). The molecule has 0 bridgehead atoms. The summed E-state index contributed by atoms with van der Waals surface area (Å²) in [6.45, 7) is 4.03. The predicted octanol–water partition coefficient (Wildman–Crippen LogP) is 2.79. The van der Waals surface area contributed by atoms with E-state index in [1.165, 1.54) is 24.1 Å². The molecule has 1 saturated carbocycles. The highest BCUT2D eigenvalue weighted by Crippen LogP contribution is 2.52. The maximum atomic E-state index is 11.9. The topological polar surface area (TPSA) is 23.6 Å². The molecule has 2 aliphatic rings. The van der Waals surface area contributed by atoms with Crippen LogP contribution in [0.5, 0.6) is 0 Å². The Labute approximate surface area is 121 Å². The fourth-order valence-electron chi connectivity index (χ4n) is 4.50. The van der Waals surface area contributed by atoms with Crippen molar-refractivity contribution in [3.8, 4) is 0 Å². The Morgan fingerprint density at radius 3 is 2.75 bits per heavy atom. The van der Waals surface area contributed by atoms with Gasteiger partial charge in [-0.1, -0.05) is 25.1 Å². The highest BCUT2D eigenvalue weighted by Gasteiger charge is 2.54. The summed E-state index contributed by atoms with van der Waals surface area (Å²) in [6, 6.07) is 9.49. The van der Waals surface area contributed by atoms with Crippen molar-refractivity contribution in [2.75, 3.05) is 19.0 Å². The fourth-order valence-corrected chi connectivity index (χ4v) is 4.50. The number of para-hydroxylation sites is 1. The summed E-state index contributed by atoms with van der Waals surface area (Å²) in [5.41, 5.74) is 2.79. The minimum atomic E-state index is 0.0456. The van der Waals surface area contributed by atoms with Crippen LogP contribution in [-0.2, 0) is 10.2 Å². The van der Waals surface area contributed by atoms with E-state index < -0.39 is 0 Å². The number of anilines is 1. The quantitative estimate of drug-likeness (QED) is 0.785. The van der Waals surface area contributed by atoms with Crippen molar-refractivity contribution >= 4 is 11.6 Å². The molecular weight excluding hydrogens is 248 g/mol. The average molecular weight is 272 g/mol. The van der Waals surface area contributed by atoms with Crippen molar-refractivity contribution in [3.63, 3.8) is 0 Å². The maximum Gasteiger partial charge on any atom is 0.219 e. The van der Waals surface area contributed by atoms with Crippen LogP contribution in [0.4, 0.5) is 5.69 Å². The van der Waals surface area contributed by atoms with Gasteiger partial charge in [0.15, 0.2) is 0 Å². The summed E-state index contributed by atoms with van der Waals surface area (Å²) in [5.74, 6) is 0.170. The van der Waals surface area contributed by atoms with Gasteiger partial charge in [0.05, 0.1) is 0 Å². The Hall–Kier alpha value is -1.51. The molecule has 1 aliphatic carbocycles. The zero-order chi connectivity index (χ0) is 14.5. The highest BCUT2D eigenvalue weighted by atomic mass is 16.2. The lowest BCUT2D eigenvalue weighted by atomic mass is 9.65. The number of carbonyl (C=O) groups is 1. The molecule has 0 saturated heterocycles. The molecule has 1 amide bonds. The van der Waals surface area contributed by atoms with Crippen molar-refractivity contribution in [1.82, 2.24) is 4.90 Å². The molecular formula is C17H24N2O. The second kappa shape index (κ2) is 4.51. The lowest BCUT2D eigenvalue weighted by Crippen LogP contribution is -2.58. The smallest absolute Gasteiger partial charge is 0.219 e. The zero-order valence-corrected chi connectivity index (χ0v) is 12.9. The molecule has 3 nitrogen and oxygen atoms in total. The molecule has 3 atom stereocenters. The van der Waals surface area contributed by atoms with Gasteiger partial charge in [0.25, 0.3) is 0 Å². The molecule has 1 aromatic carbocycles. The van der Waals surface area contributed by atoms with Gasteiger partial charge < -0.3 is 9.80 Å². The third kappa shape index (κ3) is 1.62. The Morgan fingerprint density at radius 1 is 1.35 bits per heavy atom. The minimum absolute atomic E-state index is 0.0456. The number of fused-ring (bicyclic) bond motifs is 3. The molecule has 20 heavy (non-hydrogen) atoms. The van der Waals surface area contributed by atoms with Gasteiger partial charge in [0.2, 0.25) is 5.91 Å². The van der Waals surface area contributed by atoms with Gasteiger partial charge in [-0.05, 0) is 30.9 Å². The lowest BCUT2D eigenvalue weighted by molar-refractivity contribution is -0.131. The Bertz CT molecular complexity index is 542. The molecule has 3 heteroatoms. The second-order valence-electron chi connectivity index (χ2n) is 6.50. The molecule has 1 heterocycles. The summed E-state index contributed by atoms with van der Waals surface area (Å²) >= 11 is 0. The normalized spacial score (nSPS) is 31.7. The van der Waals surface area contributed by atoms with E-state index in [4.69, 9.17) is 0 Å². The first-order chi connectivity index (χ1) is 9.48. The number of rotatable bonds is 1. The van der Waals surface area contributed by atoms with E-state index in [0.717, 1.165) is 6.42 Å². The summed E-state index contributed by atoms with van der Waals surface area (Å²) in [4.78, 5) is 16.3. The summed E-state index contributed by atoms with van der Waals surface area (Å²) in [5, 5.41) is 0. The fraction of sp³-hybridized carbons (Fsp3) is 0.588. The first kappa shape index (κ1) is 13.5.